The third kappa shape index (κ3) is 3.87. The molecule has 5 nitrogen and oxygen atoms in total. The molecule has 2 heterocycles. The van der Waals surface area contributed by atoms with E-state index >= 15 is 0 Å². The number of piperazine rings is 1. The zero-order valence-electron chi connectivity index (χ0n) is 17.1. The number of nitrogens with one attached hydrogen (secondary N) is 1. The number of anilines is 1. The molecule has 0 aliphatic carbocycles. The topological polar surface area (TPSA) is 62.3 Å². The molecule has 1 aromatic heterocycles. The van der Waals surface area contributed by atoms with Gasteiger partial charge in [-0.2, -0.15) is 0 Å². The number of sulfone groups is 1. The first-order valence-electron chi connectivity index (χ1n) is 9.97. The summed E-state index contributed by atoms with van der Waals surface area (Å²) >= 11 is 0. The largest absolute Gasteiger partial charge is 0.368 e. The second kappa shape index (κ2) is 7.43. The molecule has 0 atom stereocenters. The Morgan fingerprint density at radius 2 is 1.59 bits per heavy atom. The highest BCUT2D eigenvalue weighted by atomic mass is 32.2. The standard InChI is InChI=1S/C23H27N3O2S/c1-23(2,3)17-4-6-18(7-5-17)29(27,28)19-8-9-21-20(16-19)22(10-11-25-21)26-14-12-24-13-15-26/h4-11,16,24H,12-15H2,1-3H3. The van der Waals surface area contributed by atoms with Crippen LogP contribution in [0.3, 0.4) is 0 Å². The maximum absolute atomic E-state index is 13.3. The molecule has 1 aliphatic rings. The molecule has 0 radical (unpaired) electrons. The highest BCUT2D eigenvalue weighted by Gasteiger charge is 2.21. The molecule has 3 aromatic rings. The fourth-order valence-corrected chi connectivity index (χ4v) is 5.02. The highest BCUT2D eigenvalue weighted by Crippen LogP contribution is 2.31. The van der Waals surface area contributed by atoms with E-state index in [1.54, 1.807) is 36.5 Å². The van der Waals surface area contributed by atoms with Gasteiger partial charge in [0.2, 0.25) is 9.84 Å². The van der Waals surface area contributed by atoms with Crippen molar-refractivity contribution in [2.75, 3.05) is 31.1 Å². The van der Waals surface area contributed by atoms with Crippen LogP contribution in [0.15, 0.2) is 64.5 Å². The van der Waals surface area contributed by atoms with Gasteiger partial charge >= 0.3 is 0 Å². The van der Waals surface area contributed by atoms with Crippen molar-refractivity contribution >= 4 is 26.4 Å². The van der Waals surface area contributed by atoms with Gasteiger partial charge in [-0.15, -0.1) is 0 Å². The van der Waals surface area contributed by atoms with Crippen molar-refractivity contribution in [3.8, 4) is 0 Å². The van der Waals surface area contributed by atoms with Crippen molar-refractivity contribution in [3.05, 3.63) is 60.3 Å². The van der Waals surface area contributed by atoms with Crippen molar-refractivity contribution in [2.24, 2.45) is 0 Å². The van der Waals surface area contributed by atoms with Crippen LogP contribution in [0.1, 0.15) is 26.3 Å². The van der Waals surface area contributed by atoms with Gasteiger partial charge in [0.25, 0.3) is 0 Å². The van der Waals surface area contributed by atoms with Gasteiger partial charge in [-0.3, -0.25) is 4.98 Å². The number of nitrogens with zero attached hydrogens (tertiary/aromatic N) is 2. The maximum Gasteiger partial charge on any atom is 0.206 e. The fourth-order valence-electron chi connectivity index (χ4n) is 3.73. The summed E-state index contributed by atoms with van der Waals surface area (Å²) in [6, 6.07) is 14.4. The predicted octanol–water partition coefficient (Wildman–Crippen LogP) is 3.77. The first-order chi connectivity index (χ1) is 13.8. The zero-order chi connectivity index (χ0) is 20.6. The van der Waals surface area contributed by atoms with Gasteiger partial charge in [-0.05, 0) is 47.4 Å². The zero-order valence-corrected chi connectivity index (χ0v) is 18.0. The first-order valence-corrected chi connectivity index (χ1v) is 11.5. The molecule has 0 amide bonds. The van der Waals surface area contributed by atoms with E-state index in [1.807, 2.05) is 18.2 Å². The van der Waals surface area contributed by atoms with Crippen molar-refractivity contribution in [1.29, 1.82) is 0 Å². The van der Waals surface area contributed by atoms with Gasteiger partial charge in [0, 0.05) is 43.4 Å². The summed E-state index contributed by atoms with van der Waals surface area (Å²) in [7, 11) is -3.60. The van der Waals surface area contributed by atoms with Gasteiger partial charge in [-0.25, -0.2) is 8.42 Å². The molecular weight excluding hydrogens is 382 g/mol. The molecule has 1 saturated heterocycles. The first kappa shape index (κ1) is 19.9. The van der Waals surface area contributed by atoms with E-state index in [9.17, 15) is 8.42 Å². The van der Waals surface area contributed by atoms with Crippen LogP contribution in [0.4, 0.5) is 5.69 Å². The number of aromatic nitrogens is 1. The Morgan fingerprint density at radius 3 is 2.24 bits per heavy atom. The van der Waals surface area contributed by atoms with Gasteiger partial charge in [0.1, 0.15) is 0 Å². The van der Waals surface area contributed by atoms with Crippen LogP contribution >= 0.6 is 0 Å². The molecule has 0 bridgehead atoms. The average Bonchev–Trinajstić information content (AvgIpc) is 2.73. The number of pyridine rings is 1. The molecule has 0 saturated carbocycles. The molecule has 152 valence electrons. The SMILES string of the molecule is CC(C)(C)c1ccc(S(=O)(=O)c2ccc3nccc(N4CCNCC4)c3c2)cc1. The average molecular weight is 410 g/mol. The molecule has 1 aliphatic heterocycles. The van der Waals surface area contributed by atoms with Crippen LogP contribution in [0.2, 0.25) is 0 Å². The monoisotopic (exact) mass is 409 g/mol. The minimum absolute atomic E-state index is 0.0187. The van der Waals surface area contributed by atoms with Gasteiger partial charge in [0.15, 0.2) is 0 Å². The molecule has 1 fully saturated rings. The molecule has 4 rings (SSSR count). The Morgan fingerprint density at radius 1 is 0.931 bits per heavy atom. The van der Waals surface area contributed by atoms with Crippen molar-refractivity contribution in [1.82, 2.24) is 10.3 Å². The maximum atomic E-state index is 13.3. The quantitative estimate of drug-likeness (QED) is 0.713. The van der Waals surface area contributed by atoms with Crippen LogP contribution in [0, 0.1) is 0 Å². The minimum atomic E-state index is -3.60. The van der Waals surface area contributed by atoms with E-state index in [1.165, 1.54) is 0 Å². The van der Waals surface area contributed by atoms with Gasteiger partial charge < -0.3 is 10.2 Å². The summed E-state index contributed by atoms with van der Waals surface area (Å²) in [5.74, 6) is 0. The number of hydrogen-bond acceptors (Lipinski definition) is 5. The Hall–Kier alpha value is -2.44. The predicted molar refractivity (Wildman–Crippen MR) is 117 cm³/mol. The van der Waals surface area contributed by atoms with Crippen LogP contribution < -0.4 is 10.2 Å². The second-order valence-electron chi connectivity index (χ2n) is 8.52. The van der Waals surface area contributed by atoms with Crippen molar-refractivity contribution < 1.29 is 8.42 Å². The van der Waals surface area contributed by atoms with Crippen molar-refractivity contribution in [3.63, 3.8) is 0 Å². The van der Waals surface area contributed by atoms with Gasteiger partial charge in [0.05, 0.1) is 15.3 Å². The molecule has 0 spiro atoms. The molecule has 1 N–H and O–H groups in total. The lowest BCUT2D eigenvalue weighted by atomic mass is 9.87. The minimum Gasteiger partial charge on any atom is -0.368 e. The van der Waals surface area contributed by atoms with E-state index < -0.39 is 9.84 Å². The van der Waals surface area contributed by atoms with E-state index in [0.717, 1.165) is 48.3 Å². The normalized spacial score (nSPS) is 15.6. The molecule has 2 aromatic carbocycles. The summed E-state index contributed by atoms with van der Waals surface area (Å²) < 4.78 is 26.6. The van der Waals surface area contributed by atoms with Crippen molar-refractivity contribution in [2.45, 2.75) is 36.0 Å². The van der Waals surface area contributed by atoms with E-state index in [2.05, 4.69) is 36.0 Å². The Balaban J connectivity index is 1.77. The van der Waals surface area contributed by atoms with Crippen LogP contribution in [-0.2, 0) is 15.3 Å². The van der Waals surface area contributed by atoms with E-state index in [4.69, 9.17) is 0 Å². The Kier molecular flexibility index (Phi) is 5.09. The van der Waals surface area contributed by atoms with E-state index in [-0.39, 0.29) is 5.41 Å². The molecule has 6 heteroatoms. The van der Waals surface area contributed by atoms with Gasteiger partial charge in [-0.1, -0.05) is 32.9 Å². The number of fused-ring (bicyclic) bond motifs is 1. The van der Waals surface area contributed by atoms with Crippen LogP contribution in [0.5, 0.6) is 0 Å². The van der Waals surface area contributed by atoms with Crippen LogP contribution in [-0.4, -0.2) is 39.6 Å². The highest BCUT2D eigenvalue weighted by molar-refractivity contribution is 7.91. The lowest BCUT2D eigenvalue weighted by molar-refractivity contribution is 0.586. The molecular formula is C23H27N3O2S. The summed E-state index contributed by atoms with van der Waals surface area (Å²) in [5.41, 5.74) is 2.94. The van der Waals surface area contributed by atoms with Crippen LogP contribution in [0.25, 0.3) is 10.9 Å². The summed E-state index contributed by atoms with van der Waals surface area (Å²) in [5, 5.41) is 4.23. The lowest BCUT2D eigenvalue weighted by Crippen LogP contribution is -2.43. The Bertz CT molecular complexity index is 1130. The molecule has 0 unspecified atom stereocenters. The Labute approximate surface area is 172 Å². The smallest absolute Gasteiger partial charge is 0.206 e. The lowest BCUT2D eigenvalue weighted by Gasteiger charge is -2.30. The number of hydrogen-bond donors (Lipinski definition) is 1. The summed E-state index contributed by atoms with van der Waals surface area (Å²) in [4.78, 5) is 7.34. The number of benzene rings is 2. The number of rotatable bonds is 3. The van der Waals surface area contributed by atoms with E-state index in [0.29, 0.717) is 9.79 Å². The molecule has 29 heavy (non-hydrogen) atoms. The third-order valence-electron chi connectivity index (χ3n) is 5.49. The third-order valence-corrected chi connectivity index (χ3v) is 7.26. The second-order valence-corrected chi connectivity index (χ2v) is 10.5. The fraction of sp³-hybridized carbons (Fsp3) is 0.348. The summed E-state index contributed by atoms with van der Waals surface area (Å²) in [6.45, 7) is 9.97. The summed E-state index contributed by atoms with van der Waals surface area (Å²) in [6.07, 6.45) is 1.79.